The fourth-order valence-electron chi connectivity index (χ4n) is 2.15. The van der Waals surface area contributed by atoms with Gasteiger partial charge in [-0.05, 0) is 36.4 Å². The maximum Gasteiger partial charge on any atom is 0.413 e. The summed E-state index contributed by atoms with van der Waals surface area (Å²) in [5.41, 5.74) is 0.871. The zero-order valence-electron chi connectivity index (χ0n) is 12.4. The number of nitrogens with zero attached hydrogens (tertiary/aromatic N) is 1. The molecule has 7 nitrogen and oxygen atoms in total. The van der Waals surface area contributed by atoms with Gasteiger partial charge in [-0.2, -0.15) is 5.26 Å². The zero-order chi connectivity index (χ0) is 16.8. The topological polar surface area (TPSA) is 108 Å². The number of imide groups is 1. The van der Waals surface area contributed by atoms with Gasteiger partial charge in [0.1, 0.15) is 0 Å². The maximum atomic E-state index is 12.2. The van der Waals surface area contributed by atoms with Gasteiger partial charge in [-0.3, -0.25) is 14.9 Å². The number of carbonyl (C=O) groups excluding carboxylic acids is 3. The van der Waals surface area contributed by atoms with Gasteiger partial charge in [0, 0.05) is 5.56 Å². The highest BCUT2D eigenvalue weighted by Gasteiger charge is 2.35. The minimum atomic E-state index is -0.816. The Kier molecular flexibility index (Phi) is 5.60. The van der Waals surface area contributed by atoms with E-state index in [1.165, 1.54) is 18.9 Å². The minimum absolute atomic E-state index is 0.329. The molecule has 1 saturated heterocycles. The van der Waals surface area contributed by atoms with Gasteiger partial charge in [0.25, 0.3) is 5.91 Å². The van der Waals surface area contributed by atoms with Crippen molar-refractivity contribution < 1.29 is 19.1 Å². The number of ether oxygens (including phenoxy) is 1. The van der Waals surface area contributed by atoms with Crippen LogP contribution < -0.4 is 10.6 Å². The molecule has 1 fully saturated rings. The van der Waals surface area contributed by atoms with Crippen LogP contribution in [0.3, 0.4) is 0 Å². The summed E-state index contributed by atoms with van der Waals surface area (Å²) in [5.74, 6) is -0.587. The van der Waals surface area contributed by atoms with Crippen LogP contribution in [0.1, 0.15) is 22.3 Å². The molecule has 23 heavy (non-hydrogen) atoms. The molecular formula is C15H15N3O4S. The van der Waals surface area contributed by atoms with Gasteiger partial charge in [0.15, 0.2) is 0 Å². The average Bonchev–Trinajstić information content (AvgIpc) is 3.02. The quantitative estimate of drug-likeness (QED) is 0.862. The van der Waals surface area contributed by atoms with Gasteiger partial charge in [0.2, 0.25) is 5.91 Å². The first kappa shape index (κ1) is 16.8. The fourth-order valence-corrected chi connectivity index (χ4v) is 3.48. The number of rotatable bonds is 3. The number of hydrogen-bond acceptors (Lipinski definition) is 6. The van der Waals surface area contributed by atoms with Gasteiger partial charge < -0.3 is 10.1 Å². The number of methoxy groups -OCH3 is 1. The van der Waals surface area contributed by atoms with Gasteiger partial charge in [-0.15, -0.1) is 11.8 Å². The Balaban J connectivity index is 2.00. The summed E-state index contributed by atoms with van der Waals surface area (Å²) in [7, 11) is 1.18. The predicted molar refractivity (Wildman–Crippen MR) is 83.5 cm³/mol. The lowest BCUT2D eigenvalue weighted by molar-refractivity contribution is -0.124. The second-order valence-electron chi connectivity index (χ2n) is 4.83. The van der Waals surface area contributed by atoms with Crippen molar-refractivity contribution in [2.24, 2.45) is 5.92 Å². The van der Waals surface area contributed by atoms with Crippen LogP contribution >= 0.6 is 11.8 Å². The van der Waals surface area contributed by atoms with Crippen LogP contribution in [-0.4, -0.2) is 36.1 Å². The SMILES string of the molecule is COC(=O)NC(=O)C1CCSC1NC(=O)c1ccc(C#N)cc1. The van der Waals surface area contributed by atoms with Crippen molar-refractivity contribution in [3.63, 3.8) is 0 Å². The van der Waals surface area contributed by atoms with E-state index in [0.29, 0.717) is 23.3 Å². The summed E-state index contributed by atoms with van der Waals surface area (Å²) in [6, 6.07) is 8.19. The Labute approximate surface area is 137 Å². The van der Waals surface area contributed by atoms with E-state index in [4.69, 9.17) is 5.26 Å². The highest BCUT2D eigenvalue weighted by Crippen LogP contribution is 2.30. The van der Waals surface area contributed by atoms with E-state index in [2.05, 4.69) is 15.4 Å². The fraction of sp³-hybridized carbons (Fsp3) is 0.333. The van der Waals surface area contributed by atoms with Gasteiger partial charge in [-0.25, -0.2) is 4.79 Å². The molecule has 2 N–H and O–H groups in total. The van der Waals surface area contributed by atoms with Crippen LogP contribution in [0.15, 0.2) is 24.3 Å². The van der Waals surface area contributed by atoms with E-state index in [1.807, 2.05) is 6.07 Å². The monoisotopic (exact) mass is 333 g/mol. The molecule has 2 rings (SSSR count). The third kappa shape index (κ3) is 4.23. The predicted octanol–water partition coefficient (Wildman–Crippen LogP) is 1.25. The summed E-state index contributed by atoms with van der Waals surface area (Å²) in [6.07, 6.45) is -0.254. The number of hydrogen-bond donors (Lipinski definition) is 2. The largest absolute Gasteiger partial charge is 0.453 e. The summed E-state index contributed by atoms with van der Waals surface area (Å²) >= 11 is 1.45. The lowest BCUT2D eigenvalue weighted by atomic mass is 10.1. The third-order valence-electron chi connectivity index (χ3n) is 3.39. The molecule has 3 amide bonds. The molecule has 0 saturated carbocycles. The molecule has 1 aliphatic rings. The maximum absolute atomic E-state index is 12.2. The Morgan fingerprint density at radius 1 is 1.30 bits per heavy atom. The molecule has 2 atom stereocenters. The van der Waals surface area contributed by atoms with Crippen molar-refractivity contribution in [1.82, 2.24) is 10.6 Å². The molecule has 0 spiro atoms. The summed E-state index contributed by atoms with van der Waals surface area (Å²) in [6.45, 7) is 0. The molecule has 1 aromatic rings. The van der Waals surface area contributed by atoms with E-state index in [9.17, 15) is 14.4 Å². The first-order valence-corrected chi connectivity index (χ1v) is 7.91. The van der Waals surface area contributed by atoms with E-state index < -0.39 is 23.3 Å². The van der Waals surface area contributed by atoms with E-state index in [-0.39, 0.29) is 5.91 Å². The summed E-state index contributed by atoms with van der Waals surface area (Å²) < 4.78 is 4.40. The molecule has 1 heterocycles. The number of nitriles is 1. The Bertz CT molecular complexity index is 654. The molecule has 2 unspecified atom stereocenters. The number of nitrogens with one attached hydrogen (secondary N) is 2. The normalized spacial score (nSPS) is 19.5. The summed E-state index contributed by atoms with van der Waals surface area (Å²) in [4.78, 5) is 35.3. The van der Waals surface area contributed by atoms with Crippen molar-refractivity contribution in [1.29, 1.82) is 5.26 Å². The average molecular weight is 333 g/mol. The van der Waals surface area contributed by atoms with Crippen molar-refractivity contribution in [3.8, 4) is 6.07 Å². The standard InChI is InChI=1S/C15H15N3O4S/c1-22-15(21)18-13(20)11-6-7-23-14(11)17-12(19)10-4-2-9(8-16)3-5-10/h2-5,11,14H,6-7H2,1H3,(H,17,19)(H,18,20,21). The Morgan fingerprint density at radius 2 is 2.00 bits per heavy atom. The van der Waals surface area contributed by atoms with Crippen LogP contribution in [0.2, 0.25) is 0 Å². The van der Waals surface area contributed by atoms with Crippen LogP contribution in [-0.2, 0) is 9.53 Å². The van der Waals surface area contributed by atoms with Crippen LogP contribution in [0.4, 0.5) is 4.79 Å². The van der Waals surface area contributed by atoms with Crippen molar-refractivity contribution in [2.75, 3.05) is 12.9 Å². The van der Waals surface area contributed by atoms with Crippen LogP contribution in [0.25, 0.3) is 0 Å². The minimum Gasteiger partial charge on any atom is -0.453 e. The first-order valence-electron chi connectivity index (χ1n) is 6.86. The highest BCUT2D eigenvalue weighted by atomic mass is 32.2. The molecule has 1 aliphatic heterocycles. The molecule has 0 aliphatic carbocycles. The van der Waals surface area contributed by atoms with Gasteiger partial charge in [0.05, 0.1) is 30.0 Å². The second kappa shape index (κ2) is 7.65. The number of carbonyl (C=O) groups is 3. The second-order valence-corrected chi connectivity index (χ2v) is 6.08. The van der Waals surface area contributed by atoms with Crippen LogP contribution in [0, 0.1) is 17.2 Å². The Hall–Kier alpha value is -2.53. The number of amides is 3. The molecule has 8 heteroatoms. The Morgan fingerprint density at radius 3 is 2.61 bits per heavy atom. The number of benzene rings is 1. The smallest absolute Gasteiger partial charge is 0.413 e. The summed E-state index contributed by atoms with van der Waals surface area (Å²) in [5, 5.41) is 13.2. The third-order valence-corrected chi connectivity index (χ3v) is 4.67. The number of alkyl carbamates (subject to hydrolysis) is 1. The van der Waals surface area contributed by atoms with E-state index >= 15 is 0 Å². The molecular weight excluding hydrogens is 318 g/mol. The lowest BCUT2D eigenvalue weighted by Gasteiger charge is -2.19. The van der Waals surface area contributed by atoms with E-state index in [1.54, 1.807) is 24.3 Å². The van der Waals surface area contributed by atoms with Gasteiger partial charge in [-0.1, -0.05) is 0 Å². The lowest BCUT2D eigenvalue weighted by Crippen LogP contribution is -2.44. The zero-order valence-corrected chi connectivity index (χ0v) is 13.2. The van der Waals surface area contributed by atoms with Crippen molar-refractivity contribution >= 4 is 29.7 Å². The first-order chi connectivity index (χ1) is 11.0. The molecule has 120 valence electrons. The van der Waals surface area contributed by atoms with Crippen LogP contribution in [0.5, 0.6) is 0 Å². The van der Waals surface area contributed by atoms with Crippen molar-refractivity contribution in [2.45, 2.75) is 11.8 Å². The van der Waals surface area contributed by atoms with Crippen molar-refractivity contribution in [3.05, 3.63) is 35.4 Å². The number of thioether (sulfide) groups is 1. The molecule has 1 aromatic carbocycles. The van der Waals surface area contributed by atoms with Gasteiger partial charge >= 0.3 is 6.09 Å². The molecule has 0 bridgehead atoms. The van der Waals surface area contributed by atoms with E-state index in [0.717, 1.165) is 0 Å². The molecule has 0 radical (unpaired) electrons. The highest BCUT2D eigenvalue weighted by molar-refractivity contribution is 8.00. The molecule has 0 aromatic heterocycles.